The number of nitriles is 1. The molecule has 0 aromatic heterocycles. The van der Waals surface area contributed by atoms with Gasteiger partial charge in [0.2, 0.25) is 0 Å². The number of aromatic hydroxyl groups is 1. The van der Waals surface area contributed by atoms with Crippen molar-refractivity contribution in [2.24, 2.45) is 5.92 Å². The number of hydrogen-bond donors (Lipinski definition) is 2. The fourth-order valence-electron chi connectivity index (χ4n) is 2.92. The summed E-state index contributed by atoms with van der Waals surface area (Å²) in [4.78, 5) is 12.4. The molecule has 1 aliphatic rings. The first-order valence-electron chi connectivity index (χ1n) is 7.95. The van der Waals surface area contributed by atoms with E-state index in [1.807, 2.05) is 6.07 Å². The molecule has 1 aromatic carbocycles. The summed E-state index contributed by atoms with van der Waals surface area (Å²) in [6.07, 6.45) is 5.73. The number of hydrogen-bond acceptors (Lipinski definition) is 4. The van der Waals surface area contributed by atoms with E-state index in [1.165, 1.54) is 31.7 Å². The van der Waals surface area contributed by atoms with Gasteiger partial charge in [-0.2, -0.15) is 5.26 Å². The Balaban J connectivity index is 2.21. The van der Waals surface area contributed by atoms with Crippen molar-refractivity contribution in [3.63, 3.8) is 0 Å². The van der Waals surface area contributed by atoms with Gasteiger partial charge in [-0.25, -0.2) is 0 Å². The third-order valence-corrected chi connectivity index (χ3v) is 4.66. The van der Waals surface area contributed by atoms with Crippen molar-refractivity contribution in [2.45, 2.75) is 38.6 Å². The molecule has 0 bridgehead atoms. The molecule has 1 aromatic rings. The van der Waals surface area contributed by atoms with Gasteiger partial charge >= 0.3 is 0 Å². The Kier molecular flexibility index (Phi) is 6.10. The summed E-state index contributed by atoms with van der Waals surface area (Å²) in [5.41, 5.74) is 0.509. The zero-order valence-electron chi connectivity index (χ0n) is 13.8. The molecule has 2 atom stereocenters. The Morgan fingerprint density at radius 2 is 2.17 bits per heavy atom. The molecule has 0 saturated heterocycles. The van der Waals surface area contributed by atoms with Crippen LogP contribution in [-0.2, 0) is 4.79 Å². The molecule has 1 aliphatic carbocycles. The first-order chi connectivity index (χ1) is 11.5. The fourth-order valence-corrected chi connectivity index (χ4v) is 3.14. The number of phenols is 1. The maximum Gasteiger partial charge on any atom is 0.262 e. The highest BCUT2D eigenvalue weighted by Gasteiger charge is 2.24. The van der Waals surface area contributed by atoms with Gasteiger partial charge in [0.25, 0.3) is 5.91 Å². The fraction of sp³-hybridized carbons (Fsp3) is 0.444. The molecular formula is C18H21ClN2O3. The summed E-state index contributed by atoms with van der Waals surface area (Å²) >= 11 is 5.94. The summed E-state index contributed by atoms with van der Waals surface area (Å²) in [7, 11) is 1.40. The van der Waals surface area contributed by atoms with Crippen LogP contribution >= 0.6 is 11.6 Å². The Labute approximate surface area is 146 Å². The quantitative estimate of drug-likeness (QED) is 0.642. The molecule has 0 unspecified atom stereocenters. The lowest BCUT2D eigenvalue weighted by Gasteiger charge is -2.29. The van der Waals surface area contributed by atoms with Crippen molar-refractivity contribution in [1.82, 2.24) is 5.32 Å². The maximum absolute atomic E-state index is 12.4. The van der Waals surface area contributed by atoms with Crippen molar-refractivity contribution in [2.75, 3.05) is 7.11 Å². The molecule has 2 N–H and O–H groups in total. The van der Waals surface area contributed by atoms with E-state index in [-0.39, 0.29) is 34.0 Å². The van der Waals surface area contributed by atoms with Crippen LogP contribution in [0.3, 0.4) is 0 Å². The van der Waals surface area contributed by atoms with Crippen LogP contribution in [0.1, 0.15) is 38.2 Å². The number of amides is 1. The highest BCUT2D eigenvalue weighted by atomic mass is 35.5. The second kappa shape index (κ2) is 8.07. The highest BCUT2D eigenvalue weighted by Crippen LogP contribution is 2.35. The number of carbonyl (C=O) groups excluding carboxylic acids is 1. The van der Waals surface area contributed by atoms with Gasteiger partial charge in [-0.05, 0) is 42.5 Å². The van der Waals surface area contributed by atoms with Crippen molar-refractivity contribution in [3.05, 3.63) is 28.3 Å². The number of carbonyl (C=O) groups is 1. The van der Waals surface area contributed by atoms with Crippen LogP contribution in [0, 0.1) is 17.2 Å². The van der Waals surface area contributed by atoms with E-state index in [1.54, 1.807) is 0 Å². The van der Waals surface area contributed by atoms with E-state index in [9.17, 15) is 15.2 Å². The normalized spacial score (nSPS) is 21.0. The number of phenolic OH excluding ortho intramolecular Hbond substituents is 1. The Morgan fingerprint density at radius 3 is 2.79 bits per heavy atom. The molecule has 5 nitrogen and oxygen atoms in total. The predicted octanol–water partition coefficient (Wildman–Crippen LogP) is 3.66. The van der Waals surface area contributed by atoms with E-state index in [4.69, 9.17) is 16.3 Å². The molecule has 128 valence electrons. The lowest BCUT2D eigenvalue weighted by atomic mass is 9.86. The molecule has 6 heteroatoms. The van der Waals surface area contributed by atoms with Gasteiger partial charge < -0.3 is 15.2 Å². The van der Waals surface area contributed by atoms with E-state index in [2.05, 4.69) is 12.2 Å². The molecule has 0 aliphatic heterocycles. The lowest BCUT2D eigenvalue weighted by Crippen LogP contribution is -2.41. The number of halogens is 1. The van der Waals surface area contributed by atoms with Crippen molar-refractivity contribution < 1.29 is 14.6 Å². The van der Waals surface area contributed by atoms with Gasteiger partial charge in [0.15, 0.2) is 11.5 Å². The van der Waals surface area contributed by atoms with Crippen molar-refractivity contribution in [3.8, 4) is 17.6 Å². The van der Waals surface area contributed by atoms with Gasteiger partial charge in [0.1, 0.15) is 11.6 Å². The molecule has 0 radical (unpaired) electrons. The number of rotatable bonds is 4. The van der Waals surface area contributed by atoms with Crippen molar-refractivity contribution in [1.29, 1.82) is 5.26 Å². The summed E-state index contributed by atoms with van der Waals surface area (Å²) in [6.45, 7) is 2.12. The van der Waals surface area contributed by atoms with E-state index >= 15 is 0 Å². The van der Waals surface area contributed by atoms with Gasteiger partial charge in [-0.15, -0.1) is 0 Å². The molecule has 1 fully saturated rings. The highest BCUT2D eigenvalue weighted by molar-refractivity contribution is 6.32. The third kappa shape index (κ3) is 4.21. The lowest BCUT2D eigenvalue weighted by molar-refractivity contribution is -0.118. The Hall–Kier alpha value is -2.19. The minimum Gasteiger partial charge on any atom is -0.503 e. The van der Waals surface area contributed by atoms with Crippen LogP contribution in [-0.4, -0.2) is 24.2 Å². The summed E-state index contributed by atoms with van der Waals surface area (Å²) < 4.78 is 5.03. The number of nitrogens with zero attached hydrogens (tertiary/aromatic N) is 1. The molecule has 0 spiro atoms. The van der Waals surface area contributed by atoms with Gasteiger partial charge in [0, 0.05) is 6.04 Å². The van der Waals surface area contributed by atoms with Crippen LogP contribution in [0.15, 0.2) is 17.7 Å². The molecule has 0 heterocycles. The second-order valence-corrected chi connectivity index (χ2v) is 6.47. The summed E-state index contributed by atoms with van der Waals surface area (Å²) in [6, 6.07) is 5.03. The molecular weight excluding hydrogens is 328 g/mol. The molecule has 1 amide bonds. The van der Waals surface area contributed by atoms with E-state index in [0.717, 1.165) is 19.3 Å². The van der Waals surface area contributed by atoms with Gasteiger partial charge in [0.05, 0.1) is 12.1 Å². The summed E-state index contributed by atoms with van der Waals surface area (Å²) in [5, 5.41) is 22.1. The van der Waals surface area contributed by atoms with Crippen LogP contribution in [0.2, 0.25) is 5.02 Å². The van der Waals surface area contributed by atoms with Crippen LogP contribution < -0.4 is 10.1 Å². The SMILES string of the molecule is COc1cc(/C=C(\C#N)C(=O)N[C@@H]2CCCC[C@H]2C)cc(Cl)c1O. The summed E-state index contributed by atoms with van der Waals surface area (Å²) in [5.74, 6) is 0.0351. The molecule has 1 saturated carbocycles. The van der Waals surface area contributed by atoms with Crippen LogP contribution in [0.25, 0.3) is 6.08 Å². The number of methoxy groups -OCH3 is 1. The van der Waals surface area contributed by atoms with E-state index < -0.39 is 0 Å². The van der Waals surface area contributed by atoms with Gasteiger partial charge in [-0.1, -0.05) is 31.4 Å². The number of nitrogens with one attached hydrogen (secondary N) is 1. The minimum absolute atomic E-state index is 0.00316. The van der Waals surface area contributed by atoms with Crippen LogP contribution in [0.5, 0.6) is 11.5 Å². The zero-order valence-corrected chi connectivity index (χ0v) is 14.6. The first-order valence-corrected chi connectivity index (χ1v) is 8.33. The number of benzene rings is 1. The number of ether oxygens (including phenoxy) is 1. The topological polar surface area (TPSA) is 82.3 Å². The first kappa shape index (κ1) is 18.2. The zero-order chi connectivity index (χ0) is 17.7. The Morgan fingerprint density at radius 1 is 1.46 bits per heavy atom. The smallest absolute Gasteiger partial charge is 0.262 e. The van der Waals surface area contributed by atoms with Crippen LogP contribution in [0.4, 0.5) is 0 Å². The average Bonchev–Trinajstić information content (AvgIpc) is 2.57. The molecule has 24 heavy (non-hydrogen) atoms. The average molecular weight is 349 g/mol. The van der Waals surface area contributed by atoms with Gasteiger partial charge in [-0.3, -0.25) is 4.79 Å². The second-order valence-electron chi connectivity index (χ2n) is 6.07. The van der Waals surface area contributed by atoms with E-state index in [0.29, 0.717) is 11.5 Å². The minimum atomic E-state index is -0.389. The van der Waals surface area contributed by atoms with Crippen molar-refractivity contribution >= 4 is 23.6 Å². The molecule has 2 rings (SSSR count). The standard InChI is InChI=1S/C18H21ClN2O3/c1-11-5-3-4-6-15(11)21-18(23)13(10-20)7-12-8-14(19)17(22)16(9-12)24-2/h7-9,11,15,22H,3-6H2,1-2H3,(H,21,23)/b13-7+/t11-,15-/m1/s1. The third-order valence-electron chi connectivity index (χ3n) is 4.37. The Bertz CT molecular complexity index is 694. The maximum atomic E-state index is 12.4. The largest absolute Gasteiger partial charge is 0.503 e. The monoisotopic (exact) mass is 348 g/mol. The predicted molar refractivity (Wildman–Crippen MR) is 92.8 cm³/mol.